The Bertz CT molecular complexity index is 2130. The number of hydrogen-bond donors (Lipinski definition) is 14. The van der Waals surface area contributed by atoms with E-state index in [0.717, 1.165) is 38.5 Å². The Labute approximate surface area is 449 Å². The van der Waals surface area contributed by atoms with E-state index in [-0.39, 0.29) is 51.4 Å². The highest BCUT2D eigenvalue weighted by Crippen LogP contribution is 2.76. The molecule has 9 aliphatic rings. The maximum Gasteiger partial charge on any atom is 0.335 e. The van der Waals surface area contributed by atoms with Gasteiger partial charge in [-0.25, -0.2) is 4.79 Å². The molecule has 0 amide bonds. The van der Waals surface area contributed by atoms with Gasteiger partial charge in [-0.1, -0.05) is 60.1 Å². The number of ether oxygens (including phenoxy) is 8. The zero-order valence-corrected chi connectivity index (χ0v) is 45.4. The molecule has 9 rings (SSSR count). The summed E-state index contributed by atoms with van der Waals surface area (Å²) in [5.74, 6) is -1.39. The molecule has 23 nitrogen and oxygen atoms in total. The summed E-state index contributed by atoms with van der Waals surface area (Å²) in [6.45, 7) is 15.0. The molecule has 0 bridgehead atoms. The number of hydrogen-bond acceptors (Lipinski definition) is 22. The third kappa shape index (κ3) is 9.70. The van der Waals surface area contributed by atoms with Gasteiger partial charge in [0.25, 0.3) is 0 Å². The summed E-state index contributed by atoms with van der Waals surface area (Å²) in [5, 5.41) is 154. The van der Waals surface area contributed by atoms with Gasteiger partial charge in [-0.05, 0) is 104 Å². The van der Waals surface area contributed by atoms with E-state index in [4.69, 9.17) is 37.9 Å². The molecule has 4 aliphatic heterocycles. The van der Waals surface area contributed by atoms with Crippen molar-refractivity contribution in [1.82, 2.24) is 0 Å². The van der Waals surface area contributed by atoms with E-state index in [1.165, 1.54) is 12.5 Å². The number of carbonyl (C=O) groups is 1. The minimum absolute atomic E-state index is 0.0183. The molecule has 0 spiro atoms. The average Bonchev–Trinajstić information content (AvgIpc) is 3.37. The van der Waals surface area contributed by atoms with Crippen LogP contribution in [-0.2, 0) is 42.7 Å². The average molecular weight is 1110 g/mol. The Morgan fingerprint density at radius 1 is 0.571 bits per heavy atom. The van der Waals surface area contributed by atoms with Crippen LogP contribution < -0.4 is 0 Å². The zero-order valence-electron chi connectivity index (χ0n) is 45.4. The number of allylic oxidation sites excluding steroid dienone is 2. The molecule has 77 heavy (non-hydrogen) atoms. The van der Waals surface area contributed by atoms with Gasteiger partial charge in [0.2, 0.25) is 0 Å². The summed E-state index contributed by atoms with van der Waals surface area (Å²) in [4.78, 5) is 12.7. The molecule has 0 radical (unpaired) electrons. The molecular formula is C54H88O23. The third-order valence-electron chi connectivity index (χ3n) is 21.6. The van der Waals surface area contributed by atoms with Gasteiger partial charge < -0.3 is 109 Å². The predicted octanol–water partition coefficient (Wildman–Crippen LogP) is -1.47. The molecule has 5 aliphatic carbocycles. The number of carboxylic acid groups (broad SMARTS) is 1. The molecule has 0 aromatic rings. The van der Waals surface area contributed by atoms with Crippen LogP contribution in [0.15, 0.2) is 11.6 Å². The molecule has 14 N–H and O–H groups in total. The number of rotatable bonds is 12. The van der Waals surface area contributed by atoms with E-state index < -0.39 is 160 Å². The van der Waals surface area contributed by atoms with Crippen LogP contribution in [0, 0.1) is 50.2 Å². The van der Waals surface area contributed by atoms with Crippen LogP contribution in [0.4, 0.5) is 0 Å². The monoisotopic (exact) mass is 1100 g/mol. The fourth-order valence-electron chi connectivity index (χ4n) is 16.6. The first-order valence-corrected chi connectivity index (χ1v) is 27.8. The SMILES string of the molecule is C[C@@H]1O[C@@H](O[C@H]2[C@H](O[C@H]3[C@H](O[C@H]4CC[C@@]5(C)C(CC[C@]6(C)C5CC=C5C7CC(C)(C)C[C@@H](O)[C@]7(C)CC[C@]56C)[C@@]4(C)CO)O[C@H](C(=O)O)[C@@H](O)[C@@H]3O)O[C@H](CO)[C@H](O)[C@@H]2O[C@@H]2O[C@H](CO)[C@@H](O)[C@H](O)[C@H]2O)[C@H](O)[C@H](O)[C@H]1O. The summed E-state index contributed by atoms with van der Waals surface area (Å²) in [7, 11) is 0. The highest BCUT2D eigenvalue weighted by molar-refractivity contribution is 5.73. The number of fused-ring (bicyclic) bond motifs is 7. The molecule has 30 atom stereocenters. The number of carboxylic acids is 1. The van der Waals surface area contributed by atoms with Crippen molar-refractivity contribution in [3.05, 3.63) is 11.6 Å². The van der Waals surface area contributed by atoms with Crippen LogP contribution in [0.1, 0.15) is 113 Å². The van der Waals surface area contributed by atoms with Crippen LogP contribution >= 0.6 is 0 Å². The topological polar surface area (TPSA) is 374 Å². The second-order valence-electron chi connectivity index (χ2n) is 26.4. The highest BCUT2D eigenvalue weighted by atomic mass is 16.8. The number of aliphatic carboxylic acids is 1. The lowest BCUT2D eigenvalue weighted by Gasteiger charge is -2.72. The van der Waals surface area contributed by atoms with Gasteiger partial charge in [0.1, 0.15) is 85.5 Å². The van der Waals surface area contributed by atoms with Gasteiger partial charge in [0.05, 0.1) is 38.1 Å². The maximum atomic E-state index is 12.7. The van der Waals surface area contributed by atoms with Gasteiger partial charge in [0, 0.05) is 10.8 Å². The van der Waals surface area contributed by atoms with Crippen LogP contribution in [0.2, 0.25) is 0 Å². The van der Waals surface area contributed by atoms with E-state index in [9.17, 15) is 76.3 Å². The summed E-state index contributed by atoms with van der Waals surface area (Å²) >= 11 is 0. The van der Waals surface area contributed by atoms with Crippen molar-refractivity contribution >= 4 is 5.97 Å². The lowest BCUT2D eigenvalue weighted by Crippen LogP contribution is -2.69. The third-order valence-corrected chi connectivity index (χ3v) is 21.6. The second kappa shape index (κ2) is 21.5. The minimum atomic E-state index is -2.18. The largest absolute Gasteiger partial charge is 0.479 e. The van der Waals surface area contributed by atoms with E-state index in [0.29, 0.717) is 19.3 Å². The van der Waals surface area contributed by atoms with Crippen LogP contribution in [0.25, 0.3) is 0 Å². The standard InChI is InChI=1S/C54H88O23/c1-22-31(59)34(62)38(66)45(70-22)77-43-40(74-46-39(67)35(63)32(60)25(19-55)71-46)33(61)26(20-56)72-48(43)76-42-37(65)36(64)41(44(68)69)75-47(42)73-30-12-13-51(5)27(52(30,6)21-57)11-14-54(8)28(51)10-9-23-24-17-49(2,3)18-29(58)50(24,4)15-16-53(23,54)7/h9,22,24-43,45-48,55-67H,10-21H2,1-8H3,(H,68,69)/t22-,24?,25+,26+,27?,28?,29+,30-,31-,32+,33-,34+,35-,36-,37-,38+,39+,40-,41-,42+,43+,45-,46-,47+,48-,50+,51-,52+,53+,54+/m0/s1. The normalized spacial score (nSPS) is 55.7. The molecule has 0 aromatic heterocycles. The van der Waals surface area contributed by atoms with Crippen molar-refractivity contribution in [2.75, 3.05) is 19.8 Å². The van der Waals surface area contributed by atoms with Crippen molar-refractivity contribution in [2.45, 2.75) is 248 Å². The van der Waals surface area contributed by atoms with E-state index >= 15 is 0 Å². The van der Waals surface area contributed by atoms with Crippen LogP contribution in [0.3, 0.4) is 0 Å². The molecule has 0 aromatic carbocycles. The van der Waals surface area contributed by atoms with E-state index in [1.807, 2.05) is 6.92 Å². The highest BCUT2D eigenvalue weighted by Gasteiger charge is 2.70. The maximum absolute atomic E-state index is 12.7. The quantitative estimate of drug-likeness (QED) is 0.0783. The van der Waals surface area contributed by atoms with Gasteiger partial charge in [-0.2, -0.15) is 0 Å². The summed E-state index contributed by atoms with van der Waals surface area (Å²) in [5.41, 5.74) is -0.425. The summed E-state index contributed by atoms with van der Waals surface area (Å²) in [6.07, 6.45) is -29.5. The molecule has 4 heterocycles. The Kier molecular flexibility index (Phi) is 16.8. The fourth-order valence-corrected chi connectivity index (χ4v) is 16.6. The predicted molar refractivity (Wildman–Crippen MR) is 263 cm³/mol. The first-order valence-electron chi connectivity index (χ1n) is 27.8. The molecule has 4 saturated carbocycles. The van der Waals surface area contributed by atoms with Crippen molar-refractivity contribution in [3.8, 4) is 0 Å². The zero-order chi connectivity index (χ0) is 56.4. The molecule has 8 fully saturated rings. The lowest BCUT2D eigenvalue weighted by atomic mass is 9.33. The van der Waals surface area contributed by atoms with E-state index in [1.54, 1.807) is 0 Å². The molecule has 3 unspecified atom stereocenters. The number of aliphatic hydroxyl groups excluding tert-OH is 13. The lowest BCUT2D eigenvalue weighted by molar-refractivity contribution is -0.410. The van der Waals surface area contributed by atoms with Crippen molar-refractivity contribution in [3.63, 3.8) is 0 Å². The van der Waals surface area contributed by atoms with Crippen molar-refractivity contribution in [1.29, 1.82) is 0 Å². The summed E-state index contributed by atoms with van der Waals surface area (Å²) < 4.78 is 48.9. The van der Waals surface area contributed by atoms with Crippen LogP contribution in [0.5, 0.6) is 0 Å². The first-order chi connectivity index (χ1) is 36.0. The Hall–Kier alpha value is -1.63. The van der Waals surface area contributed by atoms with E-state index in [2.05, 4.69) is 47.6 Å². The Morgan fingerprint density at radius 3 is 1.79 bits per heavy atom. The van der Waals surface area contributed by atoms with Gasteiger partial charge in [-0.3, -0.25) is 0 Å². The van der Waals surface area contributed by atoms with Crippen LogP contribution in [-0.4, -0.2) is 232 Å². The van der Waals surface area contributed by atoms with Gasteiger partial charge >= 0.3 is 5.97 Å². The fraction of sp³-hybridized carbons (Fsp3) is 0.944. The summed E-state index contributed by atoms with van der Waals surface area (Å²) in [6, 6.07) is 0. The molecule has 4 saturated heterocycles. The molecule has 23 heteroatoms. The first kappa shape index (κ1) is 60.0. The van der Waals surface area contributed by atoms with Gasteiger partial charge in [0.15, 0.2) is 31.3 Å². The molecule has 442 valence electrons. The Balaban J connectivity index is 1.03. The number of aliphatic hydroxyl groups is 13. The molecular weight excluding hydrogens is 1020 g/mol. The smallest absolute Gasteiger partial charge is 0.335 e. The Morgan fingerprint density at radius 2 is 1.16 bits per heavy atom. The van der Waals surface area contributed by atoms with Crippen molar-refractivity contribution < 1.29 is 114 Å². The van der Waals surface area contributed by atoms with Crippen molar-refractivity contribution in [2.24, 2.45) is 50.2 Å². The minimum Gasteiger partial charge on any atom is -0.479 e. The second-order valence-corrected chi connectivity index (χ2v) is 26.4. The van der Waals surface area contributed by atoms with Gasteiger partial charge in [-0.15, -0.1) is 0 Å².